The van der Waals surface area contributed by atoms with Crippen molar-refractivity contribution >= 4 is 29.3 Å². The minimum Gasteiger partial charge on any atom is -0.482 e. The number of tetrazole rings is 1. The van der Waals surface area contributed by atoms with E-state index in [0.717, 1.165) is 15.4 Å². The molecule has 4 aromatic rings. The lowest BCUT2D eigenvalue weighted by atomic mass is 10.2. The van der Waals surface area contributed by atoms with Crippen molar-refractivity contribution in [2.45, 2.75) is 16.7 Å². The Labute approximate surface area is 199 Å². The molecule has 0 saturated carbocycles. The maximum Gasteiger partial charge on any atom is 0.344 e. The molecule has 10 heteroatoms. The van der Waals surface area contributed by atoms with Gasteiger partial charge in [0.15, 0.2) is 6.61 Å². The molecule has 0 aliphatic carbocycles. The number of ether oxygens (including phenoxy) is 2. The number of carbonyl (C=O) groups excluding carboxylic acids is 2. The highest BCUT2D eigenvalue weighted by molar-refractivity contribution is 7.99. The molecule has 1 aromatic heterocycles. The van der Waals surface area contributed by atoms with Crippen molar-refractivity contribution in [3.05, 3.63) is 78.4 Å². The van der Waals surface area contributed by atoms with Crippen molar-refractivity contribution in [2.75, 3.05) is 18.5 Å². The summed E-state index contributed by atoms with van der Waals surface area (Å²) in [6, 6.07) is 21.8. The second kappa shape index (κ2) is 11.1. The summed E-state index contributed by atoms with van der Waals surface area (Å²) >= 11 is 1.48. The van der Waals surface area contributed by atoms with Crippen LogP contribution < -0.4 is 10.1 Å². The molecule has 4 rings (SSSR count). The van der Waals surface area contributed by atoms with E-state index in [1.54, 1.807) is 31.2 Å². The number of hydrogen-bond donors (Lipinski definition) is 2. The van der Waals surface area contributed by atoms with Gasteiger partial charge in [-0.2, -0.15) is 5.21 Å². The number of rotatable bonds is 9. The van der Waals surface area contributed by atoms with Crippen molar-refractivity contribution in [1.29, 1.82) is 0 Å². The van der Waals surface area contributed by atoms with E-state index >= 15 is 0 Å². The van der Waals surface area contributed by atoms with E-state index in [1.807, 2.05) is 48.5 Å². The lowest BCUT2D eigenvalue weighted by molar-refractivity contribution is -0.145. The highest BCUT2D eigenvalue weighted by Gasteiger charge is 2.14. The van der Waals surface area contributed by atoms with E-state index in [-0.39, 0.29) is 19.1 Å². The van der Waals surface area contributed by atoms with Crippen LogP contribution >= 0.6 is 11.8 Å². The Hall–Kier alpha value is -4.18. The molecule has 0 atom stereocenters. The van der Waals surface area contributed by atoms with Gasteiger partial charge in [-0.05, 0) is 54.6 Å². The lowest BCUT2D eigenvalue weighted by Gasteiger charge is -2.13. The molecule has 172 valence electrons. The summed E-state index contributed by atoms with van der Waals surface area (Å²) in [5.41, 5.74) is 1.88. The zero-order valence-electron chi connectivity index (χ0n) is 18.2. The van der Waals surface area contributed by atoms with Crippen LogP contribution in [-0.4, -0.2) is 45.7 Å². The standard InChI is InChI=1S/C24H21N5O4S/c1-2-32-22(30)15-33-17-9-7-8-16(14-17)24(31)25-19-11-4-6-13-21(19)34-20-12-5-3-10-18(20)23-26-28-29-27-23/h3-14H,2,15H2,1H3,(H,25,31)(H,26,27,28,29). The Morgan fingerprint density at radius 3 is 2.59 bits per heavy atom. The van der Waals surface area contributed by atoms with Crippen molar-refractivity contribution in [3.63, 3.8) is 0 Å². The molecule has 0 fully saturated rings. The van der Waals surface area contributed by atoms with Gasteiger partial charge >= 0.3 is 5.97 Å². The molecule has 1 heterocycles. The second-order valence-electron chi connectivity index (χ2n) is 6.91. The van der Waals surface area contributed by atoms with Gasteiger partial charge in [-0.25, -0.2) is 4.79 Å². The number of nitrogens with zero attached hydrogens (tertiary/aromatic N) is 3. The molecular weight excluding hydrogens is 454 g/mol. The SMILES string of the molecule is CCOC(=O)COc1cccc(C(=O)Nc2ccccc2Sc2ccccc2-c2nn[nH]n2)c1. The summed E-state index contributed by atoms with van der Waals surface area (Å²) < 4.78 is 10.3. The Morgan fingerprint density at radius 1 is 1.00 bits per heavy atom. The van der Waals surface area contributed by atoms with Crippen LogP contribution in [0.3, 0.4) is 0 Å². The maximum atomic E-state index is 13.0. The van der Waals surface area contributed by atoms with Crippen LogP contribution in [0, 0.1) is 0 Å². The quantitative estimate of drug-likeness (QED) is 0.346. The van der Waals surface area contributed by atoms with Crippen LogP contribution in [0.15, 0.2) is 82.6 Å². The van der Waals surface area contributed by atoms with Gasteiger partial charge < -0.3 is 14.8 Å². The second-order valence-corrected chi connectivity index (χ2v) is 7.99. The molecule has 0 radical (unpaired) electrons. The van der Waals surface area contributed by atoms with E-state index in [0.29, 0.717) is 22.8 Å². The van der Waals surface area contributed by atoms with Gasteiger partial charge in [-0.1, -0.05) is 42.1 Å². The van der Waals surface area contributed by atoms with Crippen molar-refractivity contribution in [3.8, 4) is 17.1 Å². The zero-order chi connectivity index (χ0) is 23.8. The number of para-hydroxylation sites is 1. The molecule has 1 amide bonds. The molecule has 0 aliphatic heterocycles. The van der Waals surface area contributed by atoms with Crippen molar-refractivity contribution in [2.24, 2.45) is 0 Å². The third-order valence-electron chi connectivity index (χ3n) is 4.59. The normalized spacial score (nSPS) is 10.5. The van der Waals surface area contributed by atoms with E-state index in [4.69, 9.17) is 9.47 Å². The number of benzene rings is 3. The number of anilines is 1. The number of amides is 1. The smallest absolute Gasteiger partial charge is 0.344 e. The fourth-order valence-electron chi connectivity index (χ4n) is 3.06. The summed E-state index contributed by atoms with van der Waals surface area (Å²) in [6.45, 7) is 1.78. The molecule has 0 spiro atoms. The predicted octanol–water partition coefficient (Wildman–Crippen LogP) is 4.21. The highest BCUT2D eigenvalue weighted by Crippen LogP contribution is 2.38. The molecule has 3 aromatic carbocycles. The first-order chi connectivity index (χ1) is 16.6. The molecule has 2 N–H and O–H groups in total. The number of hydrogen-bond acceptors (Lipinski definition) is 8. The van der Waals surface area contributed by atoms with Gasteiger partial charge in [0, 0.05) is 20.9 Å². The van der Waals surface area contributed by atoms with Crippen molar-refractivity contribution in [1.82, 2.24) is 20.6 Å². The fraction of sp³-hybridized carbons (Fsp3) is 0.125. The minimum absolute atomic E-state index is 0.224. The number of esters is 1. The number of H-pyrrole nitrogens is 1. The van der Waals surface area contributed by atoms with Gasteiger partial charge in [0.05, 0.1) is 12.3 Å². The summed E-state index contributed by atoms with van der Waals surface area (Å²) in [5.74, 6) is 0.118. The third-order valence-corrected chi connectivity index (χ3v) is 5.74. The Balaban J connectivity index is 1.50. The van der Waals surface area contributed by atoms with Crippen LogP contribution in [0.4, 0.5) is 5.69 Å². The molecule has 0 bridgehead atoms. The van der Waals surface area contributed by atoms with Gasteiger partial charge in [0.2, 0.25) is 5.82 Å². The number of aromatic amines is 1. The topological polar surface area (TPSA) is 119 Å². The largest absolute Gasteiger partial charge is 0.482 e. The number of carbonyl (C=O) groups is 2. The lowest BCUT2D eigenvalue weighted by Crippen LogP contribution is -2.15. The molecule has 0 saturated heterocycles. The van der Waals surface area contributed by atoms with E-state index in [1.165, 1.54) is 11.8 Å². The third kappa shape index (κ3) is 5.78. The van der Waals surface area contributed by atoms with Crippen LogP contribution in [0.1, 0.15) is 17.3 Å². The van der Waals surface area contributed by atoms with E-state index in [2.05, 4.69) is 25.9 Å². The number of nitrogens with one attached hydrogen (secondary N) is 2. The highest BCUT2D eigenvalue weighted by atomic mass is 32.2. The van der Waals surface area contributed by atoms with Crippen LogP contribution in [-0.2, 0) is 9.53 Å². The first-order valence-electron chi connectivity index (χ1n) is 10.4. The molecule has 34 heavy (non-hydrogen) atoms. The Kier molecular flexibility index (Phi) is 7.51. The average Bonchev–Trinajstić information content (AvgIpc) is 3.39. The maximum absolute atomic E-state index is 13.0. The number of aromatic nitrogens is 4. The van der Waals surface area contributed by atoms with Gasteiger partial charge in [-0.15, -0.1) is 10.2 Å². The van der Waals surface area contributed by atoms with Gasteiger partial charge in [0.1, 0.15) is 5.75 Å². The van der Waals surface area contributed by atoms with Gasteiger partial charge in [-0.3, -0.25) is 4.79 Å². The molecule has 0 unspecified atom stereocenters. The van der Waals surface area contributed by atoms with Crippen LogP contribution in [0.2, 0.25) is 0 Å². The van der Waals surface area contributed by atoms with Gasteiger partial charge in [0.25, 0.3) is 5.91 Å². The fourth-order valence-corrected chi connectivity index (χ4v) is 4.09. The molecule has 0 aliphatic rings. The van der Waals surface area contributed by atoms with Crippen LogP contribution in [0.25, 0.3) is 11.4 Å². The summed E-state index contributed by atoms with van der Waals surface area (Å²) in [5, 5.41) is 17.2. The first kappa shape index (κ1) is 23.0. The average molecular weight is 476 g/mol. The summed E-state index contributed by atoms with van der Waals surface area (Å²) in [7, 11) is 0. The molecular formula is C24H21N5O4S. The van der Waals surface area contributed by atoms with Crippen molar-refractivity contribution < 1.29 is 19.1 Å². The molecule has 9 nitrogen and oxygen atoms in total. The summed E-state index contributed by atoms with van der Waals surface area (Å²) in [6.07, 6.45) is 0. The Morgan fingerprint density at radius 2 is 1.79 bits per heavy atom. The predicted molar refractivity (Wildman–Crippen MR) is 127 cm³/mol. The van der Waals surface area contributed by atoms with Crippen LogP contribution in [0.5, 0.6) is 5.75 Å². The minimum atomic E-state index is -0.468. The monoisotopic (exact) mass is 475 g/mol. The first-order valence-corrected chi connectivity index (χ1v) is 11.2. The van der Waals surface area contributed by atoms with E-state index in [9.17, 15) is 9.59 Å². The Bertz CT molecular complexity index is 1280. The zero-order valence-corrected chi connectivity index (χ0v) is 19.0. The summed E-state index contributed by atoms with van der Waals surface area (Å²) in [4.78, 5) is 26.3. The van der Waals surface area contributed by atoms with E-state index < -0.39 is 5.97 Å².